The molecule has 0 atom stereocenters. The van der Waals surface area contributed by atoms with Crippen LogP contribution in [0.15, 0.2) is 24.3 Å². The van der Waals surface area contributed by atoms with Crippen molar-refractivity contribution in [2.45, 2.75) is 75.0 Å². The Hall–Kier alpha value is -1.67. The van der Waals surface area contributed by atoms with Crippen LogP contribution in [0.5, 0.6) is 5.75 Å². The molecule has 4 bridgehead atoms. The van der Waals surface area contributed by atoms with Crippen molar-refractivity contribution in [3.8, 4) is 5.75 Å². The molecule has 0 unspecified atom stereocenters. The van der Waals surface area contributed by atoms with Crippen LogP contribution in [-0.4, -0.2) is 40.5 Å². The molecular formula is C24H30O7. The van der Waals surface area contributed by atoms with E-state index in [1.165, 1.54) is 5.56 Å². The first-order chi connectivity index (χ1) is 15.0. The number of rotatable bonds is 4. The van der Waals surface area contributed by atoms with Crippen molar-refractivity contribution >= 4 is 5.97 Å². The zero-order valence-corrected chi connectivity index (χ0v) is 17.6. The topological polar surface area (TPSA) is 94.5 Å². The molecule has 0 aromatic heterocycles. The molecule has 2 N–H and O–H groups in total. The van der Waals surface area contributed by atoms with Crippen LogP contribution in [0.1, 0.15) is 62.8 Å². The van der Waals surface area contributed by atoms with Gasteiger partial charge in [0.25, 0.3) is 0 Å². The fourth-order valence-corrected chi connectivity index (χ4v) is 7.11. The van der Waals surface area contributed by atoms with Crippen LogP contribution in [0.3, 0.4) is 0 Å². The summed E-state index contributed by atoms with van der Waals surface area (Å²) in [6.07, 6.45) is 7.27. The van der Waals surface area contributed by atoms with E-state index in [2.05, 4.69) is 0 Å². The van der Waals surface area contributed by atoms with Crippen molar-refractivity contribution in [2.75, 3.05) is 6.61 Å². The third-order valence-electron chi connectivity index (χ3n) is 8.58. The number of ether oxygens (including phenoxy) is 2. The maximum atomic E-state index is 10.6. The minimum atomic E-state index is -0.978. The summed E-state index contributed by atoms with van der Waals surface area (Å²) in [5, 5.41) is 19.2. The number of carboxylic acids is 1. The Balaban J connectivity index is 1.10. The number of hydrogen-bond acceptors (Lipinski definition) is 6. The Morgan fingerprint density at radius 1 is 1.00 bits per heavy atom. The SMILES string of the molecule is O=C(O)COc1ccc(C2CCC3(CC2)OOC2(O3)C3CC4CC2CC(C3)C4O)cc1. The number of benzene rings is 1. The summed E-state index contributed by atoms with van der Waals surface area (Å²) in [4.78, 5) is 22.7. The normalized spacial score (nSPS) is 45.5. The van der Waals surface area contributed by atoms with Gasteiger partial charge in [0.2, 0.25) is 11.6 Å². The van der Waals surface area contributed by atoms with Gasteiger partial charge in [-0.2, -0.15) is 9.78 Å². The van der Waals surface area contributed by atoms with E-state index in [9.17, 15) is 9.90 Å². The molecule has 6 aliphatic rings. The van der Waals surface area contributed by atoms with Gasteiger partial charge in [-0.15, -0.1) is 0 Å². The second kappa shape index (κ2) is 7.17. The van der Waals surface area contributed by atoms with Crippen molar-refractivity contribution in [1.82, 2.24) is 0 Å². The van der Waals surface area contributed by atoms with Crippen molar-refractivity contribution in [1.29, 1.82) is 0 Å². The van der Waals surface area contributed by atoms with Crippen molar-refractivity contribution in [3.63, 3.8) is 0 Å². The summed E-state index contributed by atoms with van der Waals surface area (Å²) >= 11 is 0. The zero-order valence-electron chi connectivity index (χ0n) is 17.6. The molecule has 7 nitrogen and oxygen atoms in total. The van der Waals surface area contributed by atoms with Crippen LogP contribution >= 0.6 is 0 Å². The molecule has 7 rings (SSSR count). The molecule has 0 radical (unpaired) electrons. The molecule has 1 heterocycles. The van der Waals surface area contributed by atoms with Gasteiger partial charge in [-0.3, -0.25) is 0 Å². The van der Waals surface area contributed by atoms with Crippen LogP contribution in [-0.2, 0) is 19.3 Å². The largest absolute Gasteiger partial charge is 0.482 e. The molecule has 7 heteroatoms. The number of carboxylic acid groups (broad SMARTS) is 1. The number of carbonyl (C=O) groups is 1. The molecule has 5 aliphatic carbocycles. The van der Waals surface area contributed by atoms with Crippen LogP contribution in [0.4, 0.5) is 0 Å². The summed E-state index contributed by atoms with van der Waals surface area (Å²) in [6, 6.07) is 7.73. The van der Waals surface area contributed by atoms with Crippen LogP contribution in [0.25, 0.3) is 0 Å². The van der Waals surface area contributed by atoms with Gasteiger partial charge in [-0.05, 0) is 74.0 Å². The highest BCUT2D eigenvalue weighted by Crippen LogP contribution is 2.64. The molecule has 1 aliphatic heterocycles. The highest BCUT2D eigenvalue weighted by Gasteiger charge is 2.68. The Kier molecular flexibility index (Phi) is 4.62. The standard InChI is InChI=1S/C24H30O7/c25-21(26)13-28-20-3-1-14(2-4-20)15-5-7-23(8-6-15)29-24(31-30-23)18-9-16-10-19(24)12-17(11-18)22(16)27/h1-4,15-19,22,27H,5-13H2,(H,25,26). The van der Waals surface area contributed by atoms with Crippen LogP contribution < -0.4 is 4.74 Å². The van der Waals surface area contributed by atoms with E-state index in [-0.39, 0.29) is 12.7 Å². The molecule has 168 valence electrons. The van der Waals surface area contributed by atoms with Gasteiger partial charge in [0, 0.05) is 24.7 Å². The maximum Gasteiger partial charge on any atom is 0.341 e. The molecule has 31 heavy (non-hydrogen) atoms. The number of aliphatic hydroxyl groups excluding tert-OH is 1. The van der Waals surface area contributed by atoms with Gasteiger partial charge < -0.3 is 19.7 Å². The van der Waals surface area contributed by atoms with Gasteiger partial charge >= 0.3 is 5.97 Å². The molecule has 1 aromatic rings. The lowest BCUT2D eigenvalue weighted by atomic mass is 9.52. The number of aliphatic carboxylic acids is 1. The van der Waals surface area contributed by atoms with E-state index < -0.39 is 17.5 Å². The van der Waals surface area contributed by atoms with E-state index in [0.717, 1.165) is 51.4 Å². The van der Waals surface area contributed by atoms with Gasteiger partial charge in [-0.1, -0.05) is 12.1 Å². The summed E-state index contributed by atoms with van der Waals surface area (Å²) in [6.45, 7) is -0.329. The molecule has 2 spiro atoms. The molecule has 0 amide bonds. The van der Waals surface area contributed by atoms with Gasteiger partial charge in [0.1, 0.15) is 5.75 Å². The smallest absolute Gasteiger partial charge is 0.341 e. The van der Waals surface area contributed by atoms with E-state index in [1.54, 1.807) is 0 Å². The Morgan fingerprint density at radius 2 is 1.61 bits per heavy atom. The summed E-state index contributed by atoms with van der Waals surface area (Å²) in [5.74, 6) is 0.208. The predicted octanol–water partition coefficient (Wildman–Crippen LogP) is 3.61. The van der Waals surface area contributed by atoms with E-state index >= 15 is 0 Å². The minimum absolute atomic E-state index is 0.141. The minimum Gasteiger partial charge on any atom is -0.482 e. The molecule has 1 saturated heterocycles. The zero-order chi connectivity index (χ0) is 21.2. The third-order valence-corrected chi connectivity index (χ3v) is 8.58. The quantitative estimate of drug-likeness (QED) is 0.705. The second-order valence-corrected chi connectivity index (χ2v) is 10.3. The Morgan fingerprint density at radius 3 is 2.19 bits per heavy atom. The van der Waals surface area contributed by atoms with Crippen molar-refractivity contribution < 1.29 is 34.3 Å². The maximum absolute atomic E-state index is 10.6. The van der Waals surface area contributed by atoms with Crippen molar-refractivity contribution in [2.24, 2.45) is 23.7 Å². The first kappa shape index (κ1) is 20.0. The van der Waals surface area contributed by atoms with E-state index in [4.69, 9.17) is 24.4 Å². The highest BCUT2D eigenvalue weighted by atomic mass is 17.3. The highest BCUT2D eigenvalue weighted by molar-refractivity contribution is 5.68. The lowest BCUT2D eigenvalue weighted by molar-refractivity contribution is -0.394. The van der Waals surface area contributed by atoms with E-state index in [1.807, 2.05) is 24.3 Å². The fourth-order valence-electron chi connectivity index (χ4n) is 7.11. The van der Waals surface area contributed by atoms with Crippen LogP contribution in [0.2, 0.25) is 0 Å². The summed E-state index contributed by atoms with van der Waals surface area (Å²) < 4.78 is 12.0. The van der Waals surface area contributed by atoms with Crippen molar-refractivity contribution in [3.05, 3.63) is 29.8 Å². The molecule has 1 aromatic carbocycles. The monoisotopic (exact) mass is 430 g/mol. The van der Waals surface area contributed by atoms with Crippen LogP contribution in [0, 0.1) is 23.7 Å². The summed E-state index contributed by atoms with van der Waals surface area (Å²) in [7, 11) is 0. The first-order valence-corrected chi connectivity index (χ1v) is 11.7. The lowest BCUT2D eigenvalue weighted by Crippen LogP contribution is -2.63. The molecule has 6 fully saturated rings. The third kappa shape index (κ3) is 3.20. The van der Waals surface area contributed by atoms with Gasteiger partial charge in [0.05, 0.1) is 6.10 Å². The van der Waals surface area contributed by atoms with Gasteiger partial charge in [0.15, 0.2) is 6.61 Å². The first-order valence-electron chi connectivity index (χ1n) is 11.7. The summed E-state index contributed by atoms with van der Waals surface area (Å²) in [5.41, 5.74) is 1.23. The number of hydrogen-bond donors (Lipinski definition) is 2. The molecule has 5 saturated carbocycles. The molecular weight excluding hydrogens is 400 g/mol. The fraction of sp³-hybridized carbons (Fsp3) is 0.708. The van der Waals surface area contributed by atoms with E-state index in [0.29, 0.717) is 35.3 Å². The predicted molar refractivity (Wildman–Crippen MR) is 108 cm³/mol. The number of aliphatic hydroxyl groups is 1. The lowest BCUT2D eigenvalue weighted by Gasteiger charge is -2.59. The van der Waals surface area contributed by atoms with Gasteiger partial charge in [-0.25, -0.2) is 4.79 Å². The average molecular weight is 430 g/mol. The Labute approximate surface area is 181 Å². The average Bonchev–Trinajstić information content (AvgIpc) is 3.12. The second-order valence-electron chi connectivity index (χ2n) is 10.3. The Bertz CT molecular complexity index is 812.